The summed E-state index contributed by atoms with van der Waals surface area (Å²) in [6.45, 7) is 2.31. The lowest BCUT2D eigenvalue weighted by Gasteiger charge is -2.20. The van der Waals surface area contributed by atoms with E-state index in [1.807, 2.05) is 12.1 Å². The van der Waals surface area contributed by atoms with Gasteiger partial charge in [-0.1, -0.05) is 25.1 Å². The summed E-state index contributed by atoms with van der Waals surface area (Å²) in [7, 11) is 0. The largest absolute Gasteiger partial charge is 0.399 e. The van der Waals surface area contributed by atoms with Crippen LogP contribution in [0, 0.1) is 5.92 Å². The zero-order valence-electron chi connectivity index (χ0n) is 8.66. The van der Waals surface area contributed by atoms with E-state index < -0.39 is 0 Å². The minimum atomic E-state index is 0.701. The van der Waals surface area contributed by atoms with Crippen molar-refractivity contribution in [1.29, 1.82) is 0 Å². The van der Waals surface area contributed by atoms with Crippen molar-refractivity contribution >= 4 is 11.3 Å². The normalized spacial score (nSPS) is 21.8. The Morgan fingerprint density at radius 3 is 2.57 bits per heavy atom. The van der Waals surface area contributed by atoms with Crippen LogP contribution in [0.25, 0.3) is 5.57 Å². The second-order valence-electron chi connectivity index (χ2n) is 4.11. The molecule has 0 radical (unpaired) electrons. The molecule has 0 saturated heterocycles. The molecule has 0 heterocycles. The molecule has 0 bridgehead atoms. The van der Waals surface area contributed by atoms with Gasteiger partial charge < -0.3 is 5.73 Å². The van der Waals surface area contributed by atoms with Gasteiger partial charge in [-0.15, -0.1) is 0 Å². The van der Waals surface area contributed by atoms with Gasteiger partial charge in [0.1, 0.15) is 0 Å². The predicted molar refractivity (Wildman–Crippen MR) is 61.8 cm³/mol. The summed E-state index contributed by atoms with van der Waals surface area (Å²) < 4.78 is 0. The van der Waals surface area contributed by atoms with Crippen LogP contribution in [-0.4, -0.2) is 0 Å². The minimum absolute atomic E-state index is 0.701. The molecule has 1 aliphatic carbocycles. The lowest BCUT2D eigenvalue weighted by molar-refractivity contribution is 0.601. The summed E-state index contributed by atoms with van der Waals surface area (Å²) in [5, 5.41) is 0. The van der Waals surface area contributed by atoms with Crippen LogP contribution in [0.3, 0.4) is 0 Å². The molecule has 1 aliphatic rings. The van der Waals surface area contributed by atoms with Gasteiger partial charge in [0.2, 0.25) is 0 Å². The number of rotatable bonds is 1. The highest BCUT2D eigenvalue weighted by molar-refractivity contribution is 5.68. The number of allylic oxidation sites excluding steroid dienone is 2. The third-order valence-corrected chi connectivity index (χ3v) is 2.98. The van der Waals surface area contributed by atoms with Crippen molar-refractivity contribution in [3.63, 3.8) is 0 Å². The fourth-order valence-electron chi connectivity index (χ4n) is 2.12. The summed E-state index contributed by atoms with van der Waals surface area (Å²) in [5.41, 5.74) is 9.35. The first-order valence-electron chi connectivity index (χ1n) is 5.33. The van der Waals surface area contributed by atoms with Crippen molar-refractivity contribution in [2.45, 2.75) is 26.2 Å². The van der Waals surface area contributed by atoms with Crippen LogP contribution in [0.5, 0.6) is 0 Å². The first-order chi connectivity index (χ1) is 6.77. The van der Waals surface area contributed by atoms with E-state index in [1.54, 1.807) is 0 Å². The van der Waals surface area contributed by atoms with E-state index in [9.17, 15) is 0 Å². The van der Waals surface area contributed by atoms with Crippen molar-refractivity contribution in [2.75, 3.05) is 5.73 Å². The van der Waals surface area contributed by atoms with Crippen LogP contribution < -0.4 is 5.73 Å². The Morgan fingerprint density at radius 2 is 1.93 bits per heavy atom. The molecule has 1 heteroatoms. The highest BCUT2D eigenvalue weighted by atomic mass is 14.5. The van der Waals surface area contributed by atoms with E-state index in [0.717, 1.165) is 5.69 Å². The van der Waals surface area contributed by atoms with Gasteiger partial charge in [-0.25, -0.2) is 0 Å². The van der Waals surface area contributed by atoms with E-state index >= 15 is 0 Å². The van der Waals surface area contributed by atoms with Gasteiger partial charge in [0.05, 0.1) is 0 Å². The van der Waals surface area contributed by atoms with E-state index in [0.29, 0.717) is 5.92 Å². The molecule has 0 amide bonds. The fraction of sp³-hybridized carbons (Fsp3) is 0.385. The average molecular weight is 187 g/mol. The molecule has 0 aliphatic heterocycles. The SMILES string of the molecule is C[C@@H]1CCCC=C1c1ccc(N)cc1. The molecule has 1 atom stereocenters. The molecule has 74 valence electrons. The number of anilines is 1. The zero-order chi connectivity index (χ0) is 9.97. The number of nitrogen functional groups attached to an aromatic ring is 1. The van der Waals surface area contributed by atoms with Gasteiger partial charge in [0.15, 0.2) is 0 Å². The molecule has 2 rings (SSSR count). The summed E-state index contributed by atoms with van der Waals surface area (Å²) in [5.74, 6) is 0.701. The lowest BCUT2D eigenvalue weighted by atomic mass is 9.85. The van der Waals surface area contributed by atoms with Crippen molar-refractivity contribution in [3.05, 3.63) is 35.9 Å². The molecular weight excluding hydrogens is 170 g/mol. The molecule has 14 heavy (non-hydrogen) atoms. The van der Waals surface area contributed by atoms with Crippen molar-refractivity contribution in [1.82, 2.24) is 0 Å². The van der Waals surface area contributed by atoms with Gasteiger partial charge in [-0.3, -0.25) is 0 Å². The number of hydrogen-bond acceptors (Lipinski definition) is 1. The average Bonchev–Trinajstić information content (AvgIpc) is 2.20. The number of nitrogens with two attached hydrogens (primary N) is 1. The molecule has 0 saturated carbocycles. The second-order valence-corrected chi connectivity index (χ2v) is 4.11. The molecule has 2 N–H and O–H groups in total. The molecule has 1 nitrogen and oxygen atoms in total. The van der Waals surface area contributed by atoms with Gasteiger partial charge in [0, 0.05) is 5.69 Å². The smallest absolute Gasteiger partial charge is 0.0314 e. The molecule has 0 unspecified atom stereocenters. The summed E-state index contributed by atoms with van der Waals surface area (Å²) >= 11 is 0. The van der Waals surface area contributed by atoms with Crippen molar-refractivity contribution in [2.24, 2.45) is 5.92 Å². The summed E-state index contributed by atoms with van der Waals surface area (Å²) in [4.78, 5) is 0. The fourth-order valence-corrected chi connectivity index (χ4v) is 2.12. The zero-order valence-corrected chi connectivity index (χ0v) is 8.66. The highest BCUT2D eigenvalue weighted by Gasteiger charge is 2.13. The number of benzene rings is 1. The Hall–Kier alpha value is -1.24. The third kappa shape index (κ3) is 1.82. The Morgan fingerprint density at radius 1 is 1.21 bits per heavy atom. The Labute approximate surface area is 85.6 Å². The summed E-state index contributed by atoms with van der Waals surface area (Å²) in [6, 6.07) is 8.22. The van der Waals surface area contributed by atoms with Gasteiger partial charge in [-0.05, 0) is 48.4 Å². The maximum Gasteiger partial charge on any atom is 0.0314 e. The van der Waals surface area contributed by atoms with Gasteiger partial charge >= 0.3 is 0 Å². The van der Waals surface area contributed by atoms with Crippen LogP contribution in [0.15, 0.2) is 30.3 Å². The van der Waals surface area contributed by atoms with Crippen LogP contribution in [0.2, 0.25) is 0 Å². The van der Waals surface area contributed by atoms with E-state index in [4.69, 9.17) is 5.73 Å². The van der Waals surface area contributed by atoms with Crippen LogP contribution in [-0.2, 0) is 0 Å². The molecule has 1 aromatic rings. The van der Waals surface area contributed by atoms with Crippen LogP contribution in [0.1, 0.15) is 31.7 Å². The topological polar surface area (TPSA) is 26.0 Å². The minimum Gasteiger partial charge on any atom is -0.399 e. The van der Waals surface area contributed by atoms with Crippen molar-refractivity contribution < 1.29 is 0 Å². The van der Waals surface area contributed by atoms with Crippen LogP contribution in [0.4, 0.5) is 5.69 Å². The highest BCUT2D eigenvalue weighted by Crippen LogP contribution is 2.32. The maximum absolute atomic E-state index is 5.67. The molecule has 0 fully saturated rings. The molecular formula is C13H17N. The quantitative estimate of drug-likeness (QED) is 0.669. The molecule has 1 aromatic carbocycles. The molecule has 0 aromatic heterocycles. The van der Waals surface area contributed by atoms with Gasteiger partial charge in [-0.2, -0.15) is 0 Å². The van der Waals surface area contributed by atoms with E-state index in [1.165, 1.54) is 30.4 Å². The predicted octanol–water partition coefficient (Wildman–Crippen LogP) is 3.47. The van der Waals surface area contributed by atoms with Crippen LogP contribution >= 0.6 is 0 Å². The first-order valence-corrected chi connectivity index (χ1v) is 5.33. The summed E-state index contributed by atoms with van der Waals surface area (Å²) in [6.07, 6.45) is 6.25. The van der Waals surface area contributed by atoms with Gasteiger partial charge in [0.25, 0.3) is 0 Å². The Bertz CT molecular complexity index is 335. The Balaban J connectivity index is 2.29. The van der Waals surface area contributed by atoms with E-state index in [-0.39, 0.29) is 0 Å². The second kappa shape index (κ2) is 3.87. The molecule has 0 spiro atoms. The third-order valence-electron chi connectivity index (χ3n) is 2.98. The maximum atomic E-state index is 5.67. The monoisotopic (exact) mass is 187 g/mol. The first kappa shape index (κ1) is 9.32. The standard InChI is InChI=1S/C13H17N/c1-10-4-2-3-5-13(10)11-6-8-12(14)9-7-11/h5-10H,2-4,14H2,1H3/t10-/m1/s1. The lowest BCUT2D eigenvalue weighted by Crippen LogP contribution is -2.03. The number of hydrogen-bond donors (Lipinski definition) is 1. The Kier molecular flexibility index (Phi) is 2.58. The van der Waals surface area contributed by atoms with Crippen molar-refractivity contribution in [3.8, 4) is 0 Å². The van der Waals surface area contributed by atoms with E-state index in [2.05, 4.69) is 25.1 Å².